The third-order valence-corrected chi connectivity index (χ3v) is 4.28. The minimum Gasteiger partial charge on any atom is -0.372 e. The fraction of sp³-hybridized carbons (Fsp3) is 0.929. The third kappa shape index (κ3) is 3.04. The largest absolute Gasteiger partial charge is 0.372 e. The smallest absolute Gasteiger partial charge is 0.226 e. The Bertz CT molecular complexity index is 298. The fourth-order valence-corrected chi connectivity index (χ4v) is 3.29. The van der Waals surface area contributed by atoms with Crippen molar-refractivity contribution in [2.45, 2.75) is 58.3 Å². The lowest BCUT2D eigenvalue weighted by atomic mass is 9.77. The van der Waals surface area contributed by atoms with E-state index >= 15 is 0 Å². The van der Waals surface area contributed by atoms with Gasteiger partial charge in [-0.25, -0.2) is 0 Å². The first-order valence-electron chi connectivity index (χ1n) is 7.17. The molecule has 104 valence electrons. The van der Waals surface area contributed by atoms with E-state index in [4.69, 9.17) is 10.5 Å². The first-order valence-corrected chi connectivity index (χ1v) is 7.17. The number of nitrogens with zero attached hydrogens (tertiary/aromatic N) is 1. The van der Waals surface area contributed by atoms with Crippen molar-refractivity contribution in [1.82, 2.24) is 4.90 Å². The second-order valence-corrected chi connectivity index (χ2v) is 6.16. The Morgan fingerprint density at radius 3 is 2.39 bits per heavy atom. The van der Waals surface area contributed by atoms with Crippen LogP contribution >= 0.6 is 0 Å². The van der Waals surface area contributed by atoms with Crippen molar-refractivity contribution < 1.29 is 9.53 Å². The van der Waals surface area contributed by atoms with E-state index in [-0.39, 0.29) is 24.2 Å². The molecule has 0 aromatic heterocycles. The van der Waals surface area contributed by atoms with Crippen molar-refractivity contribution >= 4 is 5.91 Å². The SMILES string of the molecule is CC1CCC(N)CC1C(=O)N1C[C@@H](C)O[C@@H](C)C1. The van der Waals surface area contributed by atoms with Crippen molar-refractivity contribution in [1.29, 1.82) is 0 Å². The summed E-state index contributed by atoms with van der Waals surface area (Å²) >= 11 is 0. The van der Waals surface area contributed by atoms with E-state index in [0.29, 0.717) is 11.8 Å². The van der Waals surface area contributed by atoms with Gasteiger partial charge in [0, 0.05) is 25.0 Å². The van der Waals surface area contributed by atoms with Gasteiger partial charge in [0.05, 0.1) is 12.2 Å². The molecule has 2 N–H and O–H groups in total. The summed E-state index contributed by atoms with van der Waals surface area (Å²) in [5.74, 6) is 0.872. The van der Waals surface area contributed by atoms with Crippen LogP contribution in [0.25, 0.3) is 0 Å². The lowest BCUT2D eigenvalue weighted by molar-refractivity contribution is -0.150. The van der Waals surface area contributed by atoms with Crippen LogP contribution in [0.2, 0.25) is 0 Å². The molecule has 4 heteroatoms. The molecule has 0 bridgehead atoms. The molecule has 18 heavy (non-hydrogen) atoms. The molecule has 1 aliphatic carbocycles. The quantitative estimate of drug-likeness (QED) is 0.769. The minimum atomic E-state index is 0.117. The van der Waals surface area contributed by atoms with E-state index in [0.717, 1.165) is 32.4 Å². The highest BCUT2D eigenvalue weighted by molar-refractivity contribution is 5.79. The van der Waals surface area contributed by atoms with Crippen LogP contribution in [-0.2, 0) is 9.53 Å². The van der Waals surface area contributed by atoms with Gasteiger partial charge in [0.2, 0.25) is 5.91 Å². The van der Waals surface area contributed by atoms with Gasteiger partial charge in [-0.15, -0.1) is 0 Å². The Morgan fingerprint density at radius 1 is 1.17 bits per heavy atom. The molecule has 5 atom stereocenters. The van der Waals surface area contributed by atoms with Gasteiger partial charge in [-0.05, 0) is 39.0 Å². The van der Waals surface area contributed by atoms with Crippen LogP contribution in [-0.4, -0.2) is 42.1 Å². The number of carbonyl (C=O) groups is 1. The van der Waals surface area contributed by atoms with Gasteiger partial charge in [-0.2, -0.15) is 0 Å². The molecule has 2 aliphatic rings. The summed E-state index contributed by atoms with van der Waals surface area (Å²) < 4.78 is 5.68. The van der Waals surface area contributed by atoms with Crippen LogP contribution in [0, 0.1) is 11.8 Å². The Hall–Kier alpha value is -0.610. The van der Waals surface area contributed by atoms with E-state index in [1.54, 1.807) is 0 Å². The summed E-state index contributed by atoms with van der Waals surface area (Å²) in [7, 11) is 0. The molecule has 0 radical (unpaired) electrons. The molecule has 1 amide bonds. The Kier molecular flexibility index (Phi) is 4.28. The highest BCUT2D eigenvalue weighted by Gasteiger charge is 2.36. The van der Waals surface area contributed by atoms with Crippen molar-refractivity contribution in [2.24, 2.45) is 17.6 Å². The van der Waals surface area contributed by atoms with Crippen LogP contribution in [0.15, 0.2) is 0 Å². The van der Waals surface area contributed by atoms with Gasteiger partial charge in [0.25, 0.3) is 0 Å². The lowest BCUT2D eigenvalue weighted by Crippen LogP contribution is -2.52. The molecule has 1 heterocycles. The molecule has 2 rings (SSSR count). The van der Waals surface area contributed by atoms with Crippen molar-refractivity contribution in [3.05, 3.63) is 0 Å². The van der Waals surface area contributed by atoms with Crippen LogP contribution in [0.4, 0.5) is 0 Å². The standard InChI is InChI=1S/C14H26N2O2/c1-9-4-5-12(15)6-13(9)14(17)16-7-10(2)18-11(3)8-16/h9-13H,4-8,15H2,1-3H3/t9?,10-,11+,12?,13?. The van der Waals surface area contributed by atoms with Gasteiger partial charge in [0.1, 0.15) is 0 Å². The van der Waals surface area contributed by atoms with Gasteiger partial charge < -0.3 is 15.4 Å². The van der Waals surface area contributed by atoms with Gasteiger partial charge in [-0.3, -0.25) is 4.79 Å². The van der Waals surface area contributed by atoms with E-state index in [1.165, 1.54) is 0 Å². The van der Waals surface area contributed by atoms with E-state index < -0.39 is 0 Å². The number of rotatable bonds is 1. The molecule has 0 spiro atoms. The topological polar surface area (TPSA) is 55.6 Å². The molecular weight excluding hydrogens is 228 g/mol. The van der Waals surface area contributed by atoms with Gasteiger partial charge in [-0.1, -0.05) is 6.92 Å². The summed E-state index contributed by atoms with van der Waals surface area (Å²) in [6, 6.07) is 0.200. The summed E-state index contributed by atoms with van der Waals surface area (Å²) in [6.45, 7) is 7.70. The molecule has 1 saturated heterocycles. The van der Waals surface area contributed by atoms with E-state index in [2.05, 4.69) is 6.92 Å². The summed E-state index contributed by atoms with van der Waals surface area (Å²) in [4.78, 5) is 14.6. The van der Waals surface area contributed by atoms with Gasteiger partial charge >= 0.3 is 0 Å². The zero-order chi connectivity index (χ0) is 13.3. The van der Waals surface area contributed by atoms with Crippen molar-refractivity contribution in [2.75, 3.05) is 13.1 Å². The van der Waals surface area contributed by atoms with Crippen LogP contribution in [0.3, 0.4) is 0 Å². The molecule has 4 nitrogen and oxygen atoms in total. The molecule has 1 aliphatic heterocycles. The van der Waals surface area contributed by atoms with E-state index in [1.807, 2.05) is 18.7 Å². The molecule has 0 aromatic carbocycles. The predicted octanol–water partition coefficient (Wildman–Crippen LogP) is 1.39. The first-order chi connectivity index (χ1) is 8.47. The normalized spacial score (nSPS) is 41.8. The zero-order valence-corrected chi connectivity index (χ0v) is 11.8. The maximum absolute atomic E-state index is 12.6. The molecule has 1 saturated carbocycles. The highest BCUT2D eigenvalue weighted by Crippen LogP contribution is 2.31. The zero-order valence-electron chi connectivity index (χ0n) is 11.8. The Morgan fingerprint density at radius 2 is 1.78 bits per heavy atom. The minimum absolute atomic E-state index is 0.117. The van der Waals surface area contributed by atoms with Crippen LogP contribution < -0.4 is 5.73 Å². The van der Waals surface area contributed by atoms with Crippen molar-refractivity contribution in [3.63, 3.8) is 0 Å². The number of ether oxygens (including phenoxy) is 1. The summed E-state index contributed by atoms with van der Waals surface area (Å²) in [5, 5.41) is 0. The number of nitrogens with two attached hydrogens (primary N) is 1. The summed E-state index contributed by atoms with van der Waals surface area (Å²) in [5.41, 5.74) is 6.01. The average Bonchev–Trinajstić information content (AvgIpc) is 2.30. The third-order valence-electron chi connectivity index (χ3n) is 4.28. The Labute approximate surface area is 110 Å². The first kappa shape index (κ1) is 13.8. The van der Waals surface area contributed by atoms with Crippen LogP contribution in [0.5, 0.6) is 0 Å². The summed E-state index contributed by atoms with van der Waals surface area (Å²) in [6.07, 6.45) is 3.27. The maximum atomic E-state index is 12.6. The predicted molar refractivity (Wildman–Crippen MR) is 71.1 cm³/mol. The number of morpholine rings is 1. The second kappa shape index (κ2) is 5.57. The lowest BCUT2D eigenvalue weighted by Gasteiger charge is -2.40. The second-order valence-electron chi connectivity index (χ2n) is 6.16. The monoisotopic (exact) mass is 254 g/mol. The van der Waals surface area contributed by atoms with Gasteiger partial charge in [0.15, 0.2) is 0 Å². The molecular formula is C14H26N2O2. The number of amides is 1. The van der Waals surface area contributed by atoms with Crippen LogP contribution in [0.1, 0.15) is 40.0 Å². The molecule has 2 fully saturated rings. The van der Waals surface area contributed by atoms with Crippen molar-refractivity contribution in [3.8, 4) is 0 Å². The maximum Gasteiger partial charge on any atom is 0.226 e. The number of hydrogen-bond acceptors (Lipinski definition) is 3. The fourth-order valence-electron chi connectivity index (χ4n) is 3.29. The average molecular weight is 254 g/mol. The molecule has 3 unspecified atom stereocenters. The Balaban J connectivity index is 2.01. The van der Waals surface area contributed by atoms with E-state index in [9.17, 15) is 4.79 Å². The highest BCUT2D eigenvalue weighted by atomic mass is 16.5. The number of carbonyl (C=O) groups excluding carboxylic acids is 1. The number of hydrogen-bond donors (Lipinski definition) is 1. The molecule has 0 aromatic rings.